The van der Waals surface area contributed by atoms with Gasteiger partial charge in [-0.05, 0) is 26.7 Å². The van der Waals surface area contributed by atoms with Crippen molar-refractivity contribution < 1.29 is 9.53 Å². The summed E-state index contributed by atoms with van der Waals surface area (Å²) in [6.45, 7) is 4.03. The number of esters is 1. The second-order valence-corrected chi connectivity index (χ2v) is 4.39. The largest absolute Gasteiger partial charge is 0.460 e. The molecule has 0 saturated heterocycles. The van der Waals surface area contributed by atoms with Crippen LogP contribution in [0.2, 0.25) is 0 Å². The predicted octanol–water partition coefficient (Wildman–Crippen LogP) is 2.11. The highest BCUT2D eigenvalue weighted by Crippen LogP contribution is 2.41. The summed E-state index contributed by atoms with van der Waals surface area (Å²) >= 11 is 4.81. The van der Waals surface area contributed by atoms with Crippen LogP contribution in [0.1, 0.15) is 33.1 Å². The van der Waals surface area contributed by atoms with Gasteiger partial charge in [-0.1, -0.05) is 18.6 Å². The van der Waals surface area contributed by atoms with Crippen molar-refractivity contribution in [3.8, 4) is 0 Å². The Hall–Kier alpha value is -0.440. The number of thiocarbonyl (C=S) groups is 1. The van der Waals surface area contributed by atoms with Crippen LogP contribution in [-0.2, 0) is 9.53 Å². The summed E-state index contributed by atoms with van der Waals surface area (Å²) in [5.74, 6) is -0.0852. The van der Waals surface area contributed by atoms with Crippen LogP contribution in [0.5, 0.6) is 0 Å². The summed E-state index contributed by atoms with van der Waals surface area (Å²) in [5.41, 5.74) is -0.204. The van der Waals surface area contributed by atoms with E-state index in [0.717, 1.165) is 24.1 Å². The Kier molecular flexibility index (Phi) is 2.83. The third-order valence-electron chi connectivity index (χ3n) is 2.36. The molecule has 0 aromatic heterocycles. The maximum Gasteiger partial charge on any atom is 0.312 e. The molecule has 0 atom stereocenters. The van der Waals surface area contributed by atoms with Crippen LogP contribution in [0.4, 0.5) is 0 Å². The average Bonchev–Trinajstić information content (AvgIpc) is 1.95. The van der Waals surface area contributed by atoms with Gasteiger partial charge in [-0.15, -0.1) is 0 Å². The van der Waals surface area contributed by atoms with E-state index in [1.807, 2.05) is 6.92 Å². The van der Waals surface area contributed by atoms with Crippen molar-refractivity contribution >= 4 is 23.1 Å². The van der Waals surface area contributed by atoms with Gasteiger partial charge < -0.3 is 4.74 Å². The SMILES string of the molecule is CC(=S)COC(=O)C1(C)CCC1. The molecular weight excluding hydrogens is 172 g/mol. The molecule has 0 radical (unpaired) electrons. The fourth-order valence-electron chi connectivity index (χ4n) is 1.25. The van der Waals surface area contributed by atoms with E-state index in [-0.39, 0.29) is 11.4 Å². The summed E-state index contributed by atoms with van der Waals surface area (Å²) in [5, 5.41) is 0. The Morgan fingerprint density at radius 1 is 1.58 bits per heavy atom. The molecule has 0 bridgehead atoms. The van der Waals surface area contributed by atoms with Crippen molar-refractivity contribution in [3.63, 3.8) is 0 Å². The van der Waals surface area contributed by atoms with Gasteiger partial charge in [0, 0.05) is 4.86 Å². The van der Waals surface area contributed by atoms with Gasteiger partial charge in [0.2, 0.25) is 0 Å². The third kappa shape index (κ3) is 2.03. The number of ether oxygens (including phenoxy) is 1. The van der Waals surface area contributed by atoms with Crippen molar-refractivity contribution in [1.82, 2.24) is 0 Å². The van der Waals surface area contributed by atoms with Crippen molar-refractivity contribution in [1.29, 1.82) is 0 Å². The van der Waals surface area contributed by atoms with Gasteiger partial charge in [-0.2, -0.15) is 0 Å². The predicted molar refractivity (Wildman–Crippen MR) is 51.2 cm³/mol. The Labute approximate surface area is 78.3 Å². The molecule has 0 heterocycles. The highest BCUT2D eigenvalue weighted by Gasteiger charge is 2.40. The van der Waals surface area contributed by atoms with E-state index in [9.17, 15) is 4.79 Å². The number of rotatable bonds is 3. The molecular formula is C9H14O2S. The zero-order chi connectivity index (χ0) is 9.19. The van der Waals surface area contributed by atoms with Crippen LogP contribution in [0.25, 0.3) is 0 Å². The molecule has 1 rings (SSSR count). The monoisotopic (exact) mass is 186 g/mol. The molecule has 0 amide bonds. The van der Waals surface area contributed by atoms with E-state index in [4.69, 9.17) is 17.0 Å². The molecule has 68 valence electrons. The lowest BCUT2D eigenvalue weighted by molar-refractivity contribution is -0.158. The Morgan fingerprint density at radius 3 is 2.50 bits per heavy atom. The van der Waals surface area contributed by atoms with Gasteiger partial charge in [-0.25, -0.2) is 0 Å². The first-order valence-corrected chi connectivity index (χ1v) is 4.62. The number of carbonyl (C=O) groups is 1. The quantitative estimate of drug-likeness (QED) is 0.499. The molecule has 0 aromatic rings. The smallest absolute Gasteiger partial charge is 0.312 e. The second-order valence-electron chi connectivity index (χ2n) is 3.69. The van der Waals surface area contributed by atoms with Crippen LogP contribution in [0.3, 0.4) is 0 Å². The molecule has 1 fully saturated rings. The van der Waals surface area contributed by atoms with E-state index in [1.165, 1.54) is 0 Å². The molecule has 1 aliphatic rings. The van der Waals surface area contributed by atoms with Gasteiger partial charge in [0.25, 0.3) is 0 Å². The second kappa shape index (κ2) is 3.52. The van der Waals surface area contributed by atoms with Crippen LogP contribution in [0, 0.1) is 5.41 Å². The van der Waals surface area contributed by atoms with Gasteiger partial charge >= 0.3 is 5.97 Å². The van der Waals surface area contributed by atoms with Gasteiger partial charge in [-0.3, -0.25) is 4.79 Å². The van der Waals surface area contributed by atoms with Crippen molar-refractivity contribution in [3.05, 3.63) is 0 Å². The molecule has 0 aromatic carbocycles. The minimum Gasteiger partial charge on any atom is -0.460 e. The van der Waals surface area contributed by atoms with Crippen LogP contribution >= 0.6 is 12.2 Å². The Morgan fingerprint density at radius 2 is 2.17 bits per heavy atom. The van der Waals surface area contributed by atoms with E-state index < -0.39 is 0 Å². The lowest BCUT2D eigenvalue weighted by Crippen LogP contribution is -2.36. The molecule has 0 N–H and O–H groups in total. The first-order chi connectivity index (χ1) is 5.54. The number of hydrogen-bond acceptors (Lipinski definition) is 3. The Bertz CT molecular complexity index is 207. The minimum atomic E-state index is -0.204. The summed E-state index contributed by atoms with van der Waals surface area (Å²) in [6, 6.07) is 0. The molecule has 1 saturated carbocycles. The number of hydrogen-bond donors (Lipinski definition) is 0. The lowest BCUT2D eigenvalue weighted by Gasteiger charge is -2.35. The minimum absolute atomic E-state index is 0.0852. The lowest BCUT2D eigenvalue weighted by atomic mass is 9.70. The molecule has 0 unspecified atom stereocenters. The van der Waals surface area contributed by atoms with E-state index in [2.05, 4.69) is 0 Å². The van der Waals surface area contributed by atoms with Gasteiger partial charge in [0.05, 0.1) is 5.41 Å². The van der Waals surface area contributed by atoms with Gasteiger partial charge in [0.1, 0.15) is 6.61 Å². The maximum absolute atomic E-state index is 11.4. The van der Waals surface area contributed by atoms with E-state index in [0.29, 0.717) is 6.61 Å². The molecule has 12 heavy (non-hydrogen) atoms. The van der Waals surface area contributed by atoms with E-state index in [1.54, 1.807) is 6.92 Å². The third-order valence-corrected chi connectivity index (χ3v) is 2.47. The fraction of sp³-hybridized carbons (Fsp3) is 0.778. The molecule has 1 aliphatic carbocycles. The summed E-state index contributed by atoms with van der Waals surface area (Å²) < 4.78 is 5.03. The van der Waals surface area contributed by atoms with Crippen molar-refractivity contribution in [2.45, 2.75) is 33.1 Å². The fourth-order valence-corrected chi connectivity index (χ4v) is 1.31. The molecule has 0 aliphatic heterocycles. The first-order valence-electron chi connectivity index (χ1n) is 4.21. The van der Waals surface area contributed by atoms with Crippen molar-refractivity contribution in [2.75, 3.05) is 6.61 Å². The average molecular weight is 186 g/mol. The maximum atomic E-state index is 11.4. The van der Waals surface area contributed by atoms with Crippen LogP contribution < -0.4 is 0 Å². The first kappa shape index (κ1) is 9.65. The number of carbonyl (C=O) groups excluding carboxylic acids is 1. The van der Waals surface area contributed by atoms with Crippen LogP contribution in [-0.4, -0.2) is 17.4 Å². The van der Waals surface area contributed by atoms with Crippen molar-refractivity contribution in [2.24, 2.45) is 5.41 Å². The summed E-state index contributed by atoms with van der Waals surface area (Å²) in [6.07, 6.45) is 3.06. The highest BCUT2D eigenvalue weighted by atomic mass is 32.1. The summed E-state index contributed by atoms with van der Waals surface area (Å²) in [4.78, 5) is 12.1. The standard InChI is InChI=1S/C9H14O2S/c1-7(12)6-11-8(10)9(2)4-3-5-9/h3-6H2,1-2H3. The molecule has 3 heteroatoms. The van der Waals surface area contributed by atoms with Gasteiger partial charge in [0.15, 0.2) is 0 Å². The van der Waals surface area contributed by atoms with Crippen LogP contribution in [0.15, 0.2) is 0 Å². The topological polar surface area (TPSA) is 26.3 Å². The molecule has 0 spiro atoms. The highest BCUT2D eigenvalue weighted by molar-refractivity contribution is 7.80. The zero-order valence-electron chi connectivity index (χ0n) is 7.55. The summed E-state index contributed by atoms with van der Waals surface area (Å²) in [7, 11) is 0. The molecule has 2 nitrogen and oxygen atoms in total. The normalized spacial score (nSPS) is 19.5. The Balaban J connectivity index is 2.33. The van der Waals surface area contributed by atoms with E-state index >= 15 is 0 Å². The zero-order valence-corrected chi connectivity index (χ0v) is 8.37.